The highest BCUT2D eigenvalue weighted by atomic mass is 19.1. The molecule has 0 saturated heterocycles. The molecule has 0 atom stereocenters. The molecule has 0 aromatic heterocycles. The lowest BCUT2D eigenvalue weighted by Crippen LogP contribution is -2.11. The third-order valence-corrected chi connectivity index (χ3v) is 1.32. The number of anilines is 1. The molecule has 3 heteroatoms. The first-order valence-electron chi connectivity index (χ1n) is 3.65. The van der Waals surface area contributed by atoms with E-state index in [2.05, 4.69) is 11.4 Å². The van der Waals surface area contributed by atoms with Crippen molar-refractivity contribution in [3.8, 4) is 0 Å². The Hall–Kier alpha value is -1.38. The van der Waals surface area contributed by atoms with E-state index in [-0.39, 0.29) is 12.3 Å². The second-order valence-corrected chi connectivity index (χ2v) is 2.28. The fourth-order valence-electron chi connectivity index (χ4n) is 0.780. The van der Waals surface area contributed by atoms with Crippen LogP contribution in [0.1, 0.15) is 6.42 Å². The predicted octanol–water partition coefficient (Wildman–Crippen LogP) is 1.78. The van der Waals surface area contributed by atoms with Gasteiger partial charge >= 0.3 is 0 Å². The van der Waals surface area contributed by atoms with Crippen molar-refractivity contribution < 1.29 is 9.18 Å². The fraction of sp³-hybridized carbons (Fsp3) is 0.222. The summed E-state index contributed by atoms with van der Waals surface area (Å²) in [5, 5.41) is 2.54. The molecular weight excluding hydrogens is 157 g/mol. The van der Waals surface area contributed by atoms with Gasteiger partial charge in [0.25, 0.3) is 0 Å². The maximum Gasteiger partial charge on any atom is 0.227 e. The largest absolute Gasteiger partial charge is 0.326 e. The van der Waals surface area contributed by atoms with Gasteiger partial charge in [-0.1, -0.05) is 12.1 Å². The van der Waals surface area contributed by atoms with Crippen LogP contribution in [0, 0.1) is 6.07 Å². The number of hydrogen-bond donors (Lipinski definition) is 1. The lowest BCUT2D eigenvalue weighted by molar-refractivity contribution is -0.116. The van der Waals surface area contributed by atoms with E-state index in [9.17, 15) is 9.18 Å². The van der Waals surface area contributed by atoms with Crippen molar-refractivity contribution in [3.63, 3.8) is 0 Å². The SMILES string of the molecule is O=C(CCF)Nc1cc[c]cc1. The molecule has 0 aliphatic heterocycles. The van der Waals surface area contributed by atoms with Gasteiger partial charge in [-0.3, -0.25) is 9.18 Å². The number of carbonyl (C=O) groups is 1. The number of benzene rings is 1. The Kier molecular flexibility index (Phi) is 3.26. The normalized spacial score (nSPS) is 9.42. The maximum atomic E-state index is 11.7. The molecule has 0 spiro atoms. The Labute approximate surface area is 70.4 Å². The molecule has 1 aromatic carbocycles. The highest BCUT2D eigenvalue weighted by Crippen LogP contribution is 2.04. The second-order valence-electron chi connectivity index (χ2n) is 2.28. The molecule has 1 radical (unpaired) electrons. The van der Waals surface area contributed by atoms with E-state index in [0.29, 0.717) is 5.69 Å². The summed E-state index contributed by atoms with van der Waals surface area (Å²) in [5.41, 5.74) is 0.673. The van der Waals surface area contributed by atoms with Crippen LogP contribution in [0.4, 0.5) is 10.1 Å². The first-order valence-corrected chi connectivity index (χ1v) is 3.65. The number of alkyl halides is 1. The molecule has 0 heterocycles. The predicted molar refractivity (Wildman–Crippen MR) is 44.5 cm³/mol. The maximum absolute atomic E-state index is 11.7. The summed E-state index contributed by atoms with van der Waals surface area (Å²) in [7, 11) is 0. The number of hydrogen-bond acceptors (Lipinski definition) is 1. The van der Waals surface area contributed by atoms with Crippen LogP contribution in [0.5, 0.6) is 0 Å². The van der Waals surface area contributed by atoms with Crippen molar-refractivity contribution in [1.29, 1.82) is 0 Å². The summed E-state index contributed by atoms with van der Waals surface area (Å²) in [6.45, 7) is -0.620. The van der Waals surface area contributed by atoms with Gasteiger partial charge in [0.1, 0.15) is 0 Å². The van der Waals surface area contributed by atoms with Crippen LogP contribution in [0.15, 0.2) is 24.3 Å². The minimum Gasteiger partial charge on any atom is -0.326 e. The van der Waals surface area contributed by atoms with Crippen LogP contribution in [0.25, 0.3) is 0 Å². The van der Waals surface area contributed by atoms with Gasteiger partial charge in [0.2, 0.25) is 5.91 Å². The Balaban J connectivity index is 2.47. The minimum atomic E-state index is -0.620. The lowest BCUT2D eigenvalue weighted by Gasteiger charge is -2.01. The van der Waals surface area contributed by atoms with Crippen LogP contribution in [-0.2, 0) is 4.79 Å². The molecule has 2 nitrogen and oxygen atoms in total. The molecule has 0 fully saturated rings. The molecule has 0 bridgehead atoms. The quantitative estimate of drug-likeness (QED) is 0.728. The number of rotatable bonds is 3. The second kappa shape index (κ2) is 4.49. The zero-order valence-electron chi connectivity index (χ0n) is 6.51. The topological polar surface area (TPSA) is 29.1 Å². The Morgan fingerprint density at radius 1 is 1.50 bits per heavy atom. The molecule has 63 valence electrons. The fourth-order valence-corrected chi connectivity index (χ4v) is 0.780. The molecule has 0 unspecified atom stereocenters. The average Bonchev–Trinajstić information content (AvgIpc) is 2.06. The summed E-state index contributed by atoms with van der Waals surface area (Å²) in [4.78, 5) is 10.9. The number of carbonyl (C=O) groups excluding carboxylic acids is 1. The Bertz CT molecular complexity index is 248. The van der Waals surface area contributed by atoms with E-state index < -0.39 is 6.67 Å². The van der Waals surface area contributed by atoms with E-state index in [1.165, 1.54) is 0 Å². The summed E-state index contributed by atoms with van der Waals surface area (Å²) in [6, 6.07) is 9.59. The molecule has 1 rings (SSSR count). The summed E-state index contributed by atoms with van der Waals surface area (Å²) < 4.78 is 11.7. The van der Waals surface area contributed by atoms with Gasteiger partial charge < -0.3 is 5.32 Å². The van der Waals surface area contributed by atoms with Crippen LogP contribution in [0.2, 0.25) is 0 Å². The van der Waals surface area contributed by atoms with Crippen molar-refractivity contribution >= 4 is 11.6 Å². The van der Waals surface area contributed by atoms with Crippen molar-refractivity contribution in [1.82, 2.24) is 0 Å². The van der Waals surface area contributed by atoms with Crippen LogP contribution in [-0.4, -0.2) is 12.6 Å². The van der Waals surface area contributed by atoms with Gasteiger partial charge in [0.15, 0.2) is 0 Å². The summed E-state index contributed by atoms with van der Waals surface area (Å²) in [5.74, 6) is -0.302. The van der Waals surface area contributed by atoms with E-state index in [4.69, 9.17) is 0 Å². The molecule has 12 heavy (non-hydrogen) atoms. The minimum absolute atomic E-state index is 0.0847. The molecule has 0 aliphatic carbocycles. The molecule has 1 amide bonds. The average molecular weight is 166 g/mol. The van der Waals surface area contributed by atoms with E-state index in [0.717, 1.165) is 0 Å². The van der Waals surface area contributed by atoms with Crippen molar-refractivity contribution in [3.05, 3.63) is 30.3 Å². The molecular formula is C9H9FNO. The van der Waals surface area contributed by atoms with Crippen LogP contribution in [0.3, 0.4) is 0 Å². The molecule has 1 N–H and O–H groups in total. The zero-order chi connectivity index (χ0) is 8.81. The standard InChI is InChI=1S/C9H9FNO/c10-7-6-9(12)11-8-4-2-1-3-5-8/h2-5H,6-7H2,(H,11,12). The third-order valence-electron chi connectivity index (χ3n) is 1.32. The lowest BCUT2D eigenvalue weighted by atomic mass is 10.3. The first kappa shape index (κ1) is 8.71. The Morgan fingerprint density at radius 2 is 2.17 bits per heavy atom. The summed E-state index contributed by atoms with van der Waals surface area (Å²) >= 11 is 0. The van der Waals surface area contributed by atoms with Crippen molar-refractivity contribution in [2.75, 3.05) is 12.0 Å². The summed E-state index contributed by atoms with van der Waals surface area (Å²) in [6.07, 6.45) is -0.0847. The van der Waals surface area contributed by atoms with E-state index in [1.54, 1.807) is 24.3 Å². The zero-order valence-corrected chi connectivity index (χ0v) is 6.51. The molecule has 0 saturated carbocycles. The Morgan fingerprint density at radius 3 is 2.75 bits per heavy atom. The van der Waals surface area contributed by atoms with E-state index in [1.807, 2.05) is 0 Å². The molecule has 0 aliphatic rings. The molecule has 1 aromatic rings. The van der Waals surface area contributed by atoms with Crippen molar-refractivity contribution in [2.45, 2.75) is 6.42 Å². The van der Waals surface area contributed by atoms with Crippen molar-refractivity contribution in [2.24, 2.45) is 0 Å². The van der Waals surface area contributed by atoms with E-state index >= 15 is 0 Å². The smallest absolute Gasteiger partial charge is 0.227 e. The third kappa shape index (κ3) is 2.70. The van der Waals surface area contributed by atoms with Gasteiger partial charge in [-0.05, 0) is 18.2 Å². The van der Waals surface area contributed by atoms with Gasteiger partial charge in [-0.15, -0.1) is 0 Å². The van der Waals surface area contributed by atoms with Gasteiger partial charge in [0.05, 0.1) is 13.1 Å². The monoisotopic (exact) mass is 166 g/mol. The first-order chi connectivity index (χ1) is 5.83. The number of nitrogens with one attached hydrogen (secondary N) is 1. The van der Waals surface area contributed by atoms with Crippen LogP contribution < -0.4 is 5.32 Å². The highest BCUT2D eigenvalue weighted by molar-refractivity contribution is 5.90. The van der Waals surface area contributed by atoms with Gasteiger partial charge in [-0.25, -0.2) is 0 Å². The van der Waals surface area contributed by atoms with Gasteiger partial charge in [-0.2, -0.15) is 0 Å². The number of amides is 1. The van der Waals surface area contributed by atoms with Crippen LogP contribution >= 0.6 is 0 Å². The number of halogens is 1. The highest BCUT2D eigenvalue weighted by Gasteiger charge is 1.99. The van der Waals surface area contributed by atoms with Gasteiger partial charge in [0, 0.05) is 5.69 Å².